The van der Waals surface area contributed by atoms with Crippen LogP contribution in [0.4, 0.5) is 0 Å². The molecule has 1 saturated heterocycles. The maximum Gasteiger partial charge on any atom is 0.312 e. The third kappa shape index (κ3) is 2.27. The number of ether oxygens (including phenoxy) is 2. The Kier molecular flexibility index (Phi) is 3.29. The molecule has 0 spiro atoms. The Hall–Kier alpha value is -1.71. The fraction of sp³-hybridized carbons (Fsp3) is 0.417. The largest absolute Gasteiger partial charge is 0.493 e. The molecular formula is C12H14O4. The molecule has 1 unspecified atom stereocenters. The highest BCUT2D eigenvalue weighted by molar-refractivity contribution is 5.77. The summed E-state index contributed by atoms with van der Waals surface area (Å²) in [7, 11) is 1.56. The minimum atomic E-state index is -0.228. The molecule has 16 heavy (non-hydrogen) atoms. The normalized spacial score (nSPS) is 21.7. The lowest BCUT2D eigenvalue weighted by Gasteiger charge is -2.18. The zero-order valence-electron chi connectivity index (χ0n) is 9.14. The molecule has 2 heterocycles. The van der Waals surface area contributed by atoms with Gasteiger partial charge in [-0.3, -0.25) is 4.79 Å². The van der Waals surface area contributed by atoms with Crippen molar-refractivity contribution in [1.82, 2.24) is 0 Å². The molecule has 0 amide bonds. The molecule has 86 valence electrons. The highest BCUT2D eigenvalue weighted by atomic mass is 16.5. The zero-order valence-corrected chi connectivity index (χ0v) is 9.14. The molecule has 1 aliphatic heterocycles. The van der Waals surface area contributed by atoms with Gasteiger partial charge in [-0.15, -0.1) is 0 Å². The van der Waals surface area contributed by atoms with Gasteiger partial charge in [0.1, 0.15) is 0 Å². The molecule has 1 aromatic rings. The van der Waals surface area contributed by atoms with E-state index in [2.05, 4.69) is 0 Å². The van der Waals surface area contributed by atoms with E-state index in [-0.39, 0.29) is 11.9 Å². The monoisotopic (exact) mass is 222 g/mol. The Morgan fingerprint density at radius 2 is 2.50 bits per heavy atom. The number of hydrogen-bond acceptors (Lipinski definition) is 4. The van der Waals surface area contributed by atoms with Gasteiger partial charge in [0.25, 0.3) is 0 Å². The molecule has 2 rings (SSSR count). The van der Waals surface area contributed by atoms with Crippen molar-refractivity contribution >= 4 is 11.7 Å². The second kappa shape index (κ2) is 4.88. The van der Waals surface area contributed by atoms with Crippen molar-refractivity contribution < 1.29 is 18.7 Å². The summed E-state index contributed by atoms with van der Waals surface area (Å²) >= 11 is 0. The summed E-state index contributed by atoms with van der Waals surface area (Å²) in [6, 6.07) is 3.57. The van der Waals surface area contributed by atoms with Crippen LogP contribution in [0.1, 0.15) is 18.6 Å². The van der Waals surface area contributed by atoms with Gasteiger partial charge in [0, 0.05) is 0 Å². The van der Waals surface area contributed by atoms with Crippen molar-refractivity contribution in [2.24, 2.45) is 5.92 Å². The number of esters is 1. The van der Waals surface area contributed by atoms with Crippen molar-refractivity contribution in [2.75, 3.05) is 13.7 Å². The average Bonchev–Trinajstić information content (AvgIpc) is 2.81. The Morgan fingerprint density at radius 3 is 3.12 bits per heavy atom. The minimum Gasteiger partial charge on any atom is -0.493 e. The van der Waals surface area contributed by atoms with E-state index in [1.165, 1.54) is 0 Å². The molecule has 4 nitrogen and oxygen atoms in total. The van der Waals surface area contributed by atoms with Gasteiger partial charge in [0.2, 0.25) is 0 Å². The van der Waals surface area contributed by atoms with E-state index < -0.39 is 0 Å². The molecule has 0 aromatic carbocycles. The van der Waals surface area contributed by atoms with Gasteiger partial charge in [-0.1, -0.05) is 0 Å². The van der Waals surface area contributed by atoms with Gasteiger partial charge in [-0.25, -0.2) is 0 Å². The van der Waals surface area contributed by atoms with E-state index in [4.69, 9.17) is 13.9 Å². The first-order valence-electron chi connectivity index (χ1n) is 5.27. The van der Waals surface area contributed by atoms with Crippen LogP contribution in [0.2, 0.25) is 0 Å². The number of carbonyl (C=O) groups excluding carboxylic acids is 1. The fourth-order valence-corrected chi connectivity index (χ4v) is 1.70. The minimum absolute atomic E-state index is 0.188. The molecule has 0 aliphatic carbocycles. The number of methoxy groups -OCH3 is 1. The fourth-order valence-electron chi connectivity index (χ4n) is 1.70. The average molecular weight is 222 g/mol. The van der Waals surface area contributed by atoms with Crippen molar-refractivity contribution in [3.05, 3.63) is 30.2 Å². The highest BCUT2D eigenvalue weighted by Crippen LogP contribution is 2.23. The van der Waals surface area contributed by atoms with Crippen LogP contribution in [0.5, 0.6) is 0 Å². The van der Waals surface area contributed by atoms with E-state index in [1.54, 1.807) is 31.6 Å². The van der Waals surface area contributed by atoms with Gasteiger partial charge in [0.15, 0.2) is 11.5 Å². The number of rotatable bonds is 3. The lowest BCUT2D eigenvalue weighted by Crippen LogP contribution is -2.22. The molecule has 0 N–H and O–H groups in total. The van der Waals surface area contributed by atoms with Crippen LogP contribution in [0.15, 0.2) is 28.9 Å². The van der Waals surface area contributed by atoms with E-state index in [0.717, 1.165) is 12.8 Å². The van der Waals surface area contributed by atoms with Crippen LogP contribution < -0.4 is 0 Å². The summed E-state index contributed by atoms with van der Waals surface area (Å²) in [6.07, 6.45) is 5.02. The SMILES string of the molecule is CO/C(=C/C1CCCOC1=O)c1ccco1. The van der Waals surface area contributed by atoms with Gasteiger partial charge in [0.05, 0.1) is 25.9 Å². The van der Waals surface area contributed by atoms with E-state index >= 15 is 0 Å². The van der Waals surface area contributed by atoms with E-state index in [0.29, 0.717) is 18.1 Å². The molecule has 1 fully saturated rings. The van der Waals surface area contributed by atoms with Gasteiger partial charge in [-0.2, -0.15) is 0 Å². The summed E-state index contributed by atoms with van der Waals surface area (Å²) in [5.74, 6) is 0.788. The smallest absolute Gasteiger partial charge is 0.312 e. The van der Waals surface area contributed by atoms with Gasteiger partial charge >= 0.3 is 5.97 Å². The third-order valence-electron chi connectivity index (χ3n) is 2.54. The van der Waals surface area contributed by atoms with Crippen LogP contribution in [-0.2, 0) is 14.3 Å². The summed E-state index contributed by atoms with van der Waals surface area (Å²) in [5, 5.41) is 0. The Labute approximate surface area is 93.8 Å². The van der Waals surface area contributed by atoms with Crippen LogP contribution in [0.25, 0.3) is 5.76 Å². The maximum absolute atomic E-state index is 11.5. The Morgan fingerprint density at radius 1 is 1.62 bits per heavy atom. The molecule has 1 aromatic heterocycles. The highest BCUT2D eigenvalue weighted by Gasteiger charge is 2.23. The van der Waals surface area contributed by atoms with Crippen molar-refractivity contribution in [3.8, 4) is 0 Å². The number of cyclic esters (lactones) is 1. The molecule has 0 saturated carbocycles. The van der Waals surface area contributed by atoms with Crippen molar-refractivity contribution in [1.29, 1.82) is 0 Å². The lowest BCUT2D eigenvalue weighted by molar-refractivity contribution is -0.150. The second-order valence-corrected chi connectivity index (χ2v) is 3.63. The first kappa shape index (κ1) is 10.8. The summed E-state index contributed by atoms with van der Waals surface area (Å²) in [6.45, 7) is 0.520. The summed E-state index contributed by atoms with van der Waals surface area (Å²) in [4.78, 5) is 11.5. The second-order valence-electron chi connectivity index (χ2n) is 3.63. The van der Waals surface area contributed by atoms with E-state index in [9.17, 15) is 4.79 Å². The molecule has 0 radical (unpaired) electrons. The number of carbonyl (C=O) groups is 1. The topological polar surface area (TPSA) is 48.7 Å². The number of hydrogen-bond donors (Lipinski definition) is 0. The predicted molar refractivity (Wildman–Crippen MR) is 57.4 cm³/mol. The first-order valence-corrected chi connectivity index (χ1v) is 5.27. The van der Waals surface area contributed by atoms with Crippen LogP contribution >= 0.6 is 0 Å². The Balaban J connectivity index is 2.17. The van der Waals surface area contributed by atoms with Crippen LogP contribution in [0.3, 0.4) is 0 Å². The molecule has 0 bridgehead atoms. The van der Waals surface area contributed by atoms with E-state index in [1.807, 2.05) is 0 Å². The van der Waals surface area contributed by atoms with Gasteiger partial charge in [-0.05, 0) is 31.1 Å². The molecule has 1 atom stereocenters. The maximum atomic E-state index is 11.5. The van der Waals surface area contributed by atoms with Crippen molar-refractivity contribution in [3.63, 3.8) is 0 Å². The van der Waals surface area contributed by atoms with Crippen LogP contribution in [0, 0.1) is 5.92 Å². The third-order valence-corrected chi connectivity index (χ3v) is 2.54. The molecule has 4 heteroatoms. The zero-order chi connectivity index (χ0) is 11.4. The number of furan rings is 1. The Bertz CT molecular complexity index is 378. The predicted octanol–water partition coefficient (Wildman–Crippen LogP) is 2.22. The standard InChI is InChI=1S/C12H14O4/c1-14-11(10-5-3-6-15-10)8-9-4-2-7-16-12(9)13/h3,5-6,8-9H,2,4,7H2,1H3/b11-8+. The quantitative estimate of drug-likeness (QED) is 0.581. The molecule has 1 aliphatic rings. The summed E-state index contributed by atoms with van der Waals surface area (Å²) < 4.78 is 15.4. The van der Waals surface area contributed by atoms with Crippen LogP contribution in [-0.4, -0.2) is 19.7 Å². The first-order chi connectivity index (χ1) is 7.81. The lowest BCUT2D eigenvalue weighted by atomic mass is 10.0. The van der Waals surface area contributed by atoms with Crippen molar-refractivity contribution in [2.45, 2.75) is 12.8 Å². The molecular weight excluding hydrogens is 208 g/mol. The summed E-state index contributed by atoms with van der Waals surface area (Å²) in [5.41, 5.74) is 0. The van der Waals surface area contributed by atoms with Gasteiger partial charge < -0.3 is 13.9 Å².